The van der Waals surface area contributed by atoms with Gasteiger partial charge in [-0.25, -0.2) is 0 Å². The van der Waals surface area contributed by atoms with Crippen LogP contribution >= 0.6 is 0 Å². The molecule has 1 aromatic rings. The molecule has 0 aromatic heterocycles. The molecule has 19 heavy (non-hydrogen) atoms. The van der Waals surface area contributed by atoms with Crippen molar-refractivity contribution in [2.24, 2.45) is 11.8 Å². The largest absolute Gasteiger partial charge is 0.495 e. The highest BCUT2D eigenvalue weighted by molar-refractivity contribution is 5.67. The molecule has 1 aliphatic heterocycles. The SMILES string of the molecule is COc1cccc2c1N[C@H]1C[C@@H](C)CC[C@@H]1C2(C)C. The zero-order chi connectivity index (χ0) is 13.6. The lowest BCUT2D eigenvalue weighted by molar-refractivity contribution is 0.173. The predicted octanol–water partition coefficient (Wildman–Crippen LogP) is 4.20. The van der Waals surface area contributed by atoms with Crippen molar-refractivity contribution < 1.29 is 4.74 Å². The van der Waals surface area contributed by atoms with Crippen molar-refractivity contribution >= 4 is 5.69 Å². The van der Waals surface area contributed by atoms with Gasteiger partial charge in [0.1, 0.15) is 5.75 Å². The van der Waals surface area contributed by atoms with Gasteiger partial charge in [0.25, 0.3) is 0 Å². The van der Waals surface area contributed by atoms with Crippen LogP contribution in [0.25, 0.3) is 0 Å². The monoisotopic (exact) mass is 259 g/mol. The average molecular weight is 259 g/mol. The van der Waals surface area contributed by atoms with Crippen LogP contribution in [0.2, 0.25) is 0 Å². The maximum absolute atomic E-state index is 5.55. The van der Waals surface area contributed by atoms with E-state index in [4.69, 9.17) is 4.74 Å². The summed E-state index contributed by atoms with van der Waals surface area (Å²) in [6, 6.07) is 7.04. The Morgan fingerprint density at radius 1 is 1.26 bits per heavy atom. The molecule has 2 nitrogen and oxygen atoms in total. The van der Waals surface area contributed by atoms with Crippen molar-refractivity contribution in [1.82, 2.24) is 0 Å². The van der Waals surface area contributed by atoms with E-state index in [1.807, 2.05) is 0 Å². The van der Waals surface area contributed by atoms with Gasteiger partial charge >= 0.3 is 0 Å². The van der Waals surface area contributed by atoms with Crippen LogP contribution in [0.4, 0.5) is 5.69 Å². The van der Waals surface area contributed by atoms with Gasteiger partial charge in [-0.2, -0.15) is 0 Å². The lowest BCUT2D eigenvalue weighted by Gasteiger charge is -2.50. The van der Waals surface area contributed by atoms with E-state index in [-0.39, 0.29) is 5.41 Å². The molecule has 3 atom stereocenters. The Hall–Kier alpha value is -1.18. The lowest BCUT2D eigenvalue weighted by atomic mass is 9.61. The zero-order valence-corrected chi connectivity index (χ0v) is 12.5. The summed E-state index contributed by atoms with van der Waals surface area (Å²) in [4.78, 5) is 0. The summed E-state index contributed by atoms with van der Waals surface area (Å²) in [6.45, 7) is 7.18. The summed E-state index contributed by atoms with van der Waals surface area (Å²) in [7, 11) is 1.76. The van der Waals surface area contributed by atoms with Crippen molar-refractivity contribution in [2.75, 3.05) is 12.4 Å². The number of para-hydroxylation sites is 1. The third-order valence-electron chi connectivity index (χ3n) is 5.31. The molecular formula is C17H25NO. The van der Waals surface area contributed by atoms with Crippen LogP contribution in [0.1, 0.15) is 45.6 Å². The Labute approximate surface area is 116 Å². The summed E-state index contributed by atoms with van der Waals surface area (Å²) < 4.78 is 5.55. The minimum Gasteiger partial charge on any atom is -0.495 e. The first kappa shape index (κ1) is 12.8. The number of ether oxygens (including phenoxy) is 1. The molecule has 2 heteroatoms. The van der Waals surface area contributed by atoms with E-state index in [0.29, 0.717) is 6.04 Å². The Bertz CT molecular complexity index is 480. The van der Waals surface area contributed by atoms with E-state index in [1.54, 1.807) is 7.11 Å². The number of hydrogen-bond donors (Lipinski definition) is 1. The first-order valence-electron chi connectivity index (χ1n) is 7.48. The van der Waals surface area contributed by atoms with Crippen LogP contribution in [-0.2, 0) is 5.41 Å². The molecule has 1 fully saturated rings. The molecule has 104 valence electrons. The number of nitrogens with one attached hydrogen (secondary N) is 1. The van der Waals surface area contributed by atoms with Gasteiger partial charge in [0.2, 0.25) is 0 Å². The van der Waals surface area contributed by atoms with Crippen LogP contribution in [0.3, 0.4) is 0 Å². The molecule has 0 unspecified atom stereocenters. The smallest absolute Gasteiger partial charge is 0.142 e. The fourth-order valence-corrected chi connectivity index (χ4v) is 4.18. The van der Waals surface area contributed by atoms with Gasteiger partial charge in [-0.05, 0) is 41.7 Å². The van der Waals surface area contributed by atoms with E-state index in [1.165, 1.54) is 30.5 Å². The quantitative estimate of drug-likeness (QED) is 0.816. The minimum absolute atomic E-state index is 0.236. The topological polar surface area (TPSA) is 21.3 Å². The first-order chi connectivity index (χ1) is 9.04. The van der Waals surface area contributed by atoms with E-state index >= 15 is 0 Å². The van der Waals surface area contributed by atoms with Crippen molar-refractivity contribution in [3.05, 3.63) is 23.8 Å². The second-order valence-corrected chi connectivity index (χ2v) is 6.88. The van der Waals surface area contributed by atoms with Crippen LogP contribution in [0, 0.1) is 11.8 Å². The summed E-state index contributed by atoms with van der Waals surface area (Å²) in [5, 5.41) is 3.78. The molecule has 1 saturated carbocycles. The lowest BCUT2D eigenvalue weighted by Crippen LogP contribution is -2.49. The molecule has 0 spiro atoms. The molecule has 3 rings (SSSR count). The number of methoxy groups -OCH3 is 1. The summed E-state index contributed by atoms with van der Waals surface area (Å²) in [6.07, 6.45) is 3.99. The van der Waals surface area contributed by atoms with E-state index in [2.05, 4.69) is 44.3 Å². The molecule has 0 amide bonds. The highest BCUT2D eigenvalue weighted by atomic mass is 16.5. The molecule has 0 saturated heterocycles. The second kappa shape index (κ2) is 4.43. The molecule has 0 bridgehead atoms. The van der Waals surface area contributed by atoms with Gasteiger partial charge < -0.3 is 10.1 Å². The van der Waals surface area contributed by atoms with Crippen molar-refractivity contribution in [3.63, 3.8) is 0 Å². The van der Waals surface area contributed by atoms with Crippen LogP contribution in [-0.4, -0.2) is 13.2 Å². The molecule has 2 aliphatic rings. The van der Waals surface area contributed by atoms with Crippen molar-refractivity contribution in [2.45, 2.75) is 51.5 Å². The van der Waals surface area contributed by atoms with Crippen LogP contribution < -0.4 is 10.1 Å². The Morgan fingerprint density at radius 2 is 2.05 bits per heavy atom. The van der Waals surface area contributed by atoms with Crippen molar-refractivity contribution in [3.8, 4) is 5.75 Å². The van der Waals surface area contributed by atoms with Crippen molar-refractivity contribution in [1.29, 1.82) is 0 Å². The molecule has 0 radical (unpaired) electrons. The number of anilines is 1. The van der Waals surface area contributed by atoms with E-state index in [0.717, 1.165) is 17.6 Å². The number of rotatable bonds is 1. The van der Waals surface area contributed by atoms with Crippen LogP contribution in [0.5, 0.6) is 5.75 Å². The highest BCUT2D eigenvalue weighted by Crippen LogP contribution is 2.51. The standard InChI is InChI=1S/C17H25NO/c1-11-8-9-12-14(10-11)18-16-13(17(12,2)3)6-5-7-15(16)19-4/h5-7,11-12,14,18H,8-10H2,1-4H3/t11-,12-,14-/m0/s1. The third-order valence-corrected chi connectivity index (χ3v) is 5.31. The molecule has 1 N–H and O–H groups in total. The zero-order valence-electron chi connectivity index (χ0n) is 12.5. The molecule has 1 heterocycles. The fraction of sp³-hybridized carbons (Fsp3) is 0.647. The third kappa shape index (κ3) is 1.92. The van der Waals surface area contributed by atoms with E-state index in [9.17, 15) is 0 Å². The van der Waals surface area contributed by atoms with Crippen LogP contribution in [0.15, 0.2) is 18.2 Å². The second-order valence-electron chi connectivity index (χ2n) is 6.88. The van der Waals surface area contributed by atoms with Gasteiger partial charge in [0.05, 0.1) is 12.8 Å². The summed E-state index contributed by atoms with van der Waals surface area (Å²) in [5.41, 5.74) is 2.88. The Kier molecular flexibility index (Phi) is 2.99. The van der Waals surface area contributed by atoms with Gasteiger partial charge in [0.15, 0.2) is 0 Å². The number of benzene rings is 1. The fourth-order valence-electron chi connectivity index (χ4n) is 4.18. The summed E-state index contributed by atoms with van der Waals surface area (Å²) in [5.74, 6) is 2.56. The molecule has 1 aromatic carbocycles. The predicted molar refractivity (Wildman–Crippen MR) is 79.9 cm³/mol. The number of fused-ring (bicyclic) bond motifs is 2. The normalized spacial score (nSPS) is 31.9. The molecular weight excluding hydrogens is 234 g/mol. The van der Waals surface area contributed by atoms with Gasteiger partial charge in [-0.3, -0.25) is 0 Å². The first-order valence-corrected chi connectivity index (χ1v) is 7.48. The highest BCUT2D eigenvalue weighted by Gasteiger charge is 2.45. The average Bonchev–Trinajstić information content (AvgIpc) is 2.37. The minimum atomic E-state index is 0.236. The van der Waals surface area contributed by atoms with Gasteiger partial charge in [0, 0.05) is 6.04 Å². The van der Waals surface area contributed by atoms with Gasteiger partial charge in [-0.15, -0.1) is 0 Å². The van der Waals surface area contributed by atoms with E-state index < -0.39 is 0 Å². The summed E-state index contributed by atoms with van der Waals surface area (Å²) >= 11 is 0. The maximum atomic E-state index is 5.55. The van der Waals surface area contributed by atoms with Gasteiger partial charge in [-0.1, -0.05) is 39.3 Å². The Morgan fingerprint density at radius 3 is 2.79 bits per heavy atom. The molecule has 1 aliphatic carbocycles. The Balaban J connectivity index is 2.07. The number of hydrogen-bond acceptors (Lipinski definition) is 2. The maximum Gasteiger partial charge on any atom is 0.142 e.